The van der Waals surface area contributed by atoms with E-state index in [1.807, 2.05) is 0 Å². The Bertz CT molecular complexity index is 1090. The van der Waals surface area contributed by atoms with Crippen molar-refractivity contribution < 1.29 is 18.0 Å². The van der Waals surface area contributed by atoms with E-state index in [1.54, 1.807) is 13.8 Å². The molecule has 1 amide bonds. The van der Waals surface area contributed by atoms with Gasteiger partial charge in [-0.2, -0.15) is 5.10 Å². The zero-order valence-corrected chi connectivity index (χ0v) is 15.5. The van der Waals surface area contributed by atoms with Crippen LogP contribution in [0.5, 0.6) is 0 Å². The lowest BCUT2D eigenvalue weighted by Crippen LogP contribution is -2.31. The van der Waals surface area contributed by atoms with Crippen molar-refractivity contribution in [1.82, 2.24) is 19.7 Å². The highest BCUT2D eigenvalue weighted by Crippen LogP contribution is 2.27. The van der Waals surface area contributed by atoms with Crippen LogP contribution in [0.1, 0.15) is 25.5 Å². The first-order valence-electron chi connectivity index (χ1n) is 8.59. The molecule has 0 bridgehead atoms. The smallest absolute Gasteiger partial charge is 0.267 e. The van der Waals surface area contributed by atoms with Gasteiger partial charge in [-0.3, -0.25) is 14.9 Å². The third kappa shape index (κ3) is 4.84. The average molecular weight is 403 g/mol. The topological polar surface area (TPSA) is 89.8 Å². The predicted molar refractivity (Wildman–Crippen MR) is 98.6 cm³/mol. The molecule has 0 radical (unpaired) electrons. The van der Waals surface area contributed by atoms with Crippen LogP contribution in [0, 0.1) is 17.5 Å². The fourth-order valence-electron chi connectivity index (χ4n) is 2.66. The lowest BCUT2D eigenvalue weighted by Gasteiger charge is -2.14. The molecule has 3 rings (SSSR count). The van der Waals surface area contributed by atoms with Gasteiger partial charge in [-0.1, -0.05) is 13.8 Å². The van der Waals surface area contributed by atoms with E-state index in [0.29, 0.717) is 5.69 Å². The number of anilines is 1. The van der Waals surface area contributed by atoms with Gasteiger partial charge in [0.1, 0.15) is 18.2 Å². The molecular weight excluding hydrogens is 387 g/mol. The summed E-state index contributed by atoms with van der Waals surface area (Å²) in [4.78, 5) is 31.8. The number of rotatable bonds is 5. The number of benzene rings is 1. The molecule has 0 aliphatic carbocycles. The summed E-state index contributed by atoms with van der Waals surface area (Å²) in [6.07, 6.45) is 1.77. The van der Waals surface area contributed by atoms with Crippen LogP contribution in [0.4, 0.5) is 19.1 Å². The highest BCUT2D eigenvalue weighted by atomic mass is 19.1. The standard InChI is InChI=1S/C19H16F3N5O2/c1-10(2)18-15(11-3-12(20)5-13(21)4-11)6-17(29)27(26-18)9-16(28)25-19-23-7-14(22)8-24-19/h3-8,10H,9H2,1-2H3,(H,23,24,25,28). The minimum atomic E-state index is -0.780. The normalized spacial score (nSPS) is 11.0. The third-order valence-corrected chi connectivity index (χ3v) is 3.91. The Hall–Kier alpha value is -3.56. The first kappa shape index (κ1) is 20.2. The van der Waals surface area contributed by atoms with Gasteiger partial charge in [-0.15, -0.1) is 0 Å². The summed E-state index contributed by atoms with van der Waals surface area (Å²) in [5, 5.41) is 6.53. The molecule has 7 nitrogen and oxygen atoms in total. The summed E-state index contributed by atoms with van der Waals surface area (Å²) in [5.41, 5.74) is 0.207. The van der Waals surface area contributed by atoms with Gasteiger partial charge in [0.25, 0.3) is 5.56 Å². The van der Waals surface area contributed by atoms with Crippen molar-refractivity contribution in [1.29, 1.82) is 0 Å². The Morgan fingerprint density at radius 2 is 1.66 bits per heavy atom. The number of hydrogen-bond acceptors (Lipinski definition) is 5. The van der Waals surface area contributed by atoms with Crippen LogP contribution >= 0.6 is 0 Å². The molecule has 2 aromatic heterocycles. The molecule has 2 heterocycles. The fourth-order valence-corrected chi connectivity index (χ4v) is 2.66. The maximum absolute atomic E-state index is 13.6. The first-order valence-corrected chi connectivity index (χ1v) is 8.59. The summed E-state index contributed by atoms with van der Waals surface area (Å²) >= 11 is 0. The lowest BCUT2D eigenvalue weighted by atomic mass is 9.98. The van der Waals surface area contributed by atoms with Gasteiger partial charge in [-0.05, 0) is 23.6 Å². The second-order valence-corrected chi connectivity index (χ2v) is 6.53. The van der Waals surface area contributed by atoms with Crippen LogP contribution in [0.2, 0.25) is 0 Å². The SMILES string of the molecule is CC(C)c1nn(CC(=O)Nc2ncc(F)cn2)c(=O)cc1-c1cc(F)cc(F)c1. The number of carbonyl (C=O) groups excluding carboxylic acids is 1. The molecule has 150 valence electrons. The number of amides is 1. The third-order valence-electron chi connectivity index (χ3n) is 3.91. The van der Waals surface area contributed by atoms with Crippen molar-refractivity contribution >= 4 is 11.9 Å². The molecule has 0 unspecified atom stereocenters. The highest BCUT2D eigenvalue weighted by Gasteiger charge is 2.17. The fraction of sp³-hybridized carbons (Fsp3) is 0.211. The van der Waals surface area contributed by atoms with Crippen LogP contribution in [-0.2, 0) is 11.3 Å². The Balaban J connectivity index is 1.92. The molecule has 10 heteroatoms. The average Bonchev–Trinajstić information content (AvgIpc) is 2.64. The molecule has 0 aliphatic rings. The van der Waals surface area contributed by atoms with E-state index in [9.17, 15) is 22.8 Å². The summed E-state index contributed by atoms with van der Waals surface area (Å²) < 4.78 is 41.0. The molecule has 29 heavy (non-hydrogen) atoms. The van der Waals surface area contributed by atoms with Crippen molar-refractivity contribution in [3.05, 3.63) is 70.2 Å². The lowest BCUT2D eigenvalue weighted by molar-refractivity contribution is -0.117. The second kappa shape index (κ2) is 8.21. The minimum absolute atomic E-state index is 0.125. The minimum Gasteiger partial charge on any atom is -0.293 e. The van der Waals surface area contributed by atoms with Gasteiger partial charge in [0.05, 0.1) is 18.1 Å². The molecule has 0 fully saturated rings. The molecule has 0 spiro atoms. The Morgan fingerprint density at radius 3 is 2.24 bits per heavy atom. The van der Waals surface area contributed by atoms with Gasteiger partial charge in [-0.25, -0.2) is 27.8 Å². The highest BCUT2D eigenvalue weighted by molar-refractivity contribution is 5.88. The van der Waals surface area contributed by atoms with E-state index in [4.69, 9.17) is 0 Å². The maximum Gasteiger partial charge on any atom is 0.267 e. The predicted octanol–water partition coefficient (Wildman–Crippen LogP) is 2.88. The molecule has 0 saturated carbocycles. The molecule has 1 N–H and O–H groups in total. The molecule has 0 aliphatic heterocycles. The van der Waals surface area contributed by atoms with E-state index >= 15 is 0 Å². The van der Waals surface area contributed by atoms with Crippen molar-refractivity contribution in [2.45, 2.75) is 26.3 Å². The van der Waals surface area contributed by atoms with Crippen molar-refractivity contribution in [3.8, 4) is 11.1 Å². The zero-order chi connectivity index (χ0) is 21.1. The van der Waals surface area contributed by atoms with E-state index in [0.717, 1.165) is 35.3 Å². The van der Waals surface area contributed by atoms with Gasteiger partial charge in [0.2, 0.25) is 11.9 Å². The molecule has 1 aromatic carbocycles. The van der Waals surface area contributed by atoms with Crippen molar-refractivity contribution in [3.63, 3.8) is 0 Å². The Morgan fingerprint density at radius 1 is 1.03 bits per heavy atom. The number of carbonyl (C=O) groups is 1. The largest absolute Gasteiger partial charge is 0.293 e. The summed E-state index contributed by atoms with van der Waals surface area (Å²) in [5.74, 6) is -3.19. The maximum atomic E-state index is 13.6. The van der Waals surface area contributed by atoms with E-state index in [-0.39, 0.29) is 23.0 Å². The summed E-state index contributed by atoms with van der Waals surface area (Å²) in [6.45, 7) is 3.14. The second-order valence-electron chi connectivity index (χ2n) is 6.53. The van der Waals surface area contributed by atoms with Crippen molar-refractivity contribution in [2.75, 3.05) is 5.32 Å². The number of halogens is 3. The monoisotopic (exact) mass is 403 g/mol. The van der Waals surface area contributed by atoms with Gasteiger partial charge >= 0.3 is 0 Å². The van der Waals surface area contributed by atoms with Crippen LogP contribution in [-0.4, -0.2) is 25.7 Å². The molecule has 3 aromatic rings. The van der Waals surface area contributed by atoms with Crippen LogP contribution in [0.3, 0.4) is 0 Å². The van der Waals surface area contributed by atoms with E-state index in [2.05, 4.69) is 20.4 Å². The van der Waals surface area contributed by atoms with Gasteiger partial charge < -0.3 is 0 Å². The number of nitrogens with zero attached hydrogens (tertiary/aromatic N) is 4. The number of hydrogen-bond donors (Lipinski definition) is 1. The van der Waals surface area contributed by atoms with Crippen LogP contribution in [0.15, 0.2) is 41.5 Å². The van der Waals surface area contributed by atoms with Gasteiger partial charge in [0, 0.05) is 17.7 Å². The van der Waals surface area contributed by atoms with E-state index < -0.39 is 35.5 Å². The van der Waals surface area contributed by atoms with Crippen LogP contribution < -0.4 is 10.9 Å². The zero-order valence-electron chi connectivity index (χ0n) is 15.5. The first-order chi connectivity index (χ1) is 13.7. The van der Waals surface area contributed by atoms with Crippen molar-refractivity contribution in [2.24, 2.45) is 0 Å². The summed E-state index contributed by atoms with van der Waals surface area (Å²) in [7, 11) is 0. The molecule has 0 atom stereocenters. The van der Waals surface area contributed by atoms with E-state index in [1.165, 1.54) is 6.07 Å². The Labute approximate surface area is 163 Å². The van der Waals surface area contributed by atoms with Crippen LogP contribution in [0.25, 0.3) is 11.1 Å². The summed E-state index contributed by atoms with van der Waals surface area (Å²) in [6, 6.07) is 4.12. The molecular formula is C19H16F3N5O2. The number of nitrogens with one attached hydrogen (secondary N) is 1. The quantitative estimate of drug-likeness (QED) is 0.708. The molecule has 0 saturated heterocycles. The van der Waals surface area contributed by atoms with Gasteiger partial charge in [0.15, 0.2) is 5.82 Å². The number of aromatic nitrogens is 4. The Kier molecular flexibility index (Phi) is 5.71.